The smallest absolute Gasteiger partial charge is 0.211 e. The van der Waals surface area contributed by atoms with Gasteiger partial charge in [0.1, 0.15) is 5.75 Å². The zero-order valence-electron chi connectivity index (χ0n) is 9.01. The van der Waals surface area contributed by atoms with Crippen molar-refractivity contribution in [2.45, 2.75) is 13.0 Å². The number of benzene rings is 1. The van der Waals surface area contributed by atoms with E-state index in [1.807, 2.05) is 0 Å². The van der Waals surface area contributed by atoms with Gasteiger partial charge in [-0.25, -0.2) is 8.42 Å². The van der Waals surface area contributed by atoms with E-state index in [0.717, 1.165) is 5.56 Å². The van der Waals surface area contributed by atoms with Crippen molar-refractivity contribution in [3.05, 3.63) is 29.8 Å². The Bertz CT molecular complexity index is 424. The first kappa shape index (κ1) is 12.0. The minimum Gasteiger partial charge on any atom is -0.508 e. The van der Waals surface area contributed by atoms with Crippen molar-refractivity contribution in [2.24, 2.45) is 0 Å². The minimum absolute atomic E-state index is 0.174. The third-order valence-electron chi connectivity index (χ3n) is 2.44. The topological polar surface area (TPSA) is 57.6 Å². The number of hydrogen-bond acceptors (Lipinski definition) is 3. The minimum atomic E-state index is -3.19. The molecule has 5 heteroatoms. The second-order valence-electron chi connectivity index (χ2n) is 3.55. The van der Waals surface area contributed by atoms with Gasteiger partial charge in [0.25, 0.3) is 0 Å². The quantitative estimate of drug-likeness (QED) is 0.851. The van der Waals surface area contributed by atoms with Crippen molar-refractivity contribution < 1.29 is 13.5 Å². The number of nitrogens with zero attached hydrogens (tertiary/aromatic N) is 1. The van der Waals surface area contributed by atoms with Crippen LogP contribution in [0, 0.1) is 0 Å². The van der Waals surface area contributed by atoms with E-state index < -0.39 is 10.0 Å². The van der Waals surface area contributed by atoms with E-state index >= 15 is 0 Å². The molecule has 0 heterocycles. The summed E-state index contributed by atoms with van der Waals surface area (Å²) in [4.78, 5) is 0. The van der Waals surface area contributed by atoms with Gasteiger partial charge in [0.2, 0.25) is 10.0 Å². The van der Waals surface area contributed by atoms with Crippen molar-refractivity contribution in [1.82, 2.24) is 4.31 Å². The number of phenolic OH excluding ortho intramolecular Hbond substituents is 1. The highest BCUT2D eigenvalue weighted by Gasteiger charge is 2.19. The Morgan fingerprint density at radius 3 is 2.13 bits per heavy atom. The molecule has 1 aromatic carbocycles. The molecule has 0 fully saturated rings. The molecule has 1 aromatic rings. The highest BCUT2D eigenvalue weighted by atomic mass is 32.2. The van der Waals surface area contributed by atoms with Crippen LogP contribution in [-0.2, 0) is 10.0 Å². The van der Waals surface area contributed by atoms with Gasteiger partial charge in [0.15, 0.2) is 0 Å². The highest BCUT2D eigenvalue weighted by molar-refractivity contribution is 7.88. The van der Waals surface area contributed by atoms with Crippen molar-refractivity contribution >= 4 is 10.0 Å². The number of hydrogen-bond donors (Lipinski definition) is 1. The molecule has 0 amide bonds. The maximum Gasteiger partial charge on any atom is 0.211 e. The largest absolute Gasteiger partial charge is 0.508 e. The van der Waals surface area contributed by atoms with Gasteiger partial charge in [-0.1, -0.05) is 12.1 Å². The first-order valence-corrected chi connectivity index (χ1v) is 6.39. The van der Waals surface area contributed by atoms with Crippen molar-refractivity contribution in [1.29, 1.82) is 0 Å². The maximum absolute atomic E-state index is 11.3. The molecule has 84 valence electrons. The fourth-order valence-corrected chi connectivity index (χ4v) is 1.95. The SMILES string of the molecule is CC(c1ccc(O)cc1)N(C)S(C)(=O)=O. The van der Waals surface area contributed by atoms with Gasteiger partial charge in [0.05, 0.1) is 6.26 Å². The Hall–Kier alpha value is -1.07. The molecule has 1 N–H and O–H groups in total. The second-order valence-corrected chi connectivity index (χ2v) is 5.59. The Morgan fingerprint density at radius 2 is 1.73 bits per heavy atom. The van der Waals surface area contributed by atoms with Crippen LogP contribution < -0.4 is 0 Å². The molecule has 0 saturated carbocycles. The molecule has 15 heavy (non-hydrogen) atoms. The summed E-state index contributed by atoms with van der Waals surface area (Å²) in [5.74, 6) is 0.174. The molecule has 0 saturated heterocycles. The highest BCUT2D eigenvalue weighted by Crippen LogP contribution is 2.22. The van der Waals surface area contributed by atoms with Crippen LogP contribution in [0.1, 0.15) is 18.5 Å². The summed E-state index contributed by atoms with van der Waals surface area (Å²) in [5.41, 5.74) is 0.848. The molecule has 0 bridgehead atoms. The normalized spacial score (nSPS) is 14.1. The lowest BCUT2D eigenvalue weighted by atomic mass is 10.1. The molecule has 1 rings (SSSR count). The monoisotopic (exact) mass is 229 g/mol. The Morgan fingerprint density at radius 1 is 1.27 bits per heavy atom. The first-order chi connectivity index (χ1) is 6.82. The molecule has 0 aliphatic carbocycles. The lowest BCUT2D eigenvalue weighted by molar-refractivity contribution is 0.401. The van der Waals surface area contributed by atoms with Gasteiger partial charge in [0, 0.05) is 13.1 Å². The van der Waals surface area contributed by atoms with E-state index in [0.29, 0.717) is 0 Å². The second kappa shape index (κ2) is 4.20. The fourth-order valence-electron chi connectivity index (χ4n) is 1.25. The molecule has 0 aromatic heterocycles. The van der Waals surface area contributed by atoms with Gasteiger partial charge in [-0.2, -0.15) is 4.31 Å². The zero-order chi connectivity index (χ0) is 11.6. The number of phenols is 1. The van der Waals surface area contributed by atoms with Gasteiger partial charge in [-0.3, -0.25) is 0 Å². The fraction of sp³-hybridized carbons (Fsp3) is 0.400. The summed E-state index contributed by atoms with van der Waals surface area (Å²) in [7, 11) is -1.65. The van der Waals surface area contributed by atoms with Gasteiger partial charge >= 0.3 is 0 Å². The van der Waals surface area contributed by atoms with Gasteiger partial charge < -0.3 is 5.11 Å². The summed E-state index contributed by atoms with van der Waals surface area (Å²) in [6.07, 6.45) is 1.17. The Balaban J connectivity index is 2.95. The molecule has 0 spiro atoms. The van der Waals surface area contributed by atoms with Crippen LogP contribution in [0.2, 0.25) is 0 Å². The van der Waals surface area contributed by atoms with E-state index in [-0.39, 0.29) is 11.8 Å². The van der Waals surface area contributed by atoms with E-state index in [1.165, 1.54) is 17.6 Å². The summed E-state index contributed by atoms with van der Waals surface area (Å²) in [6.45, 7) is 1.80. The Labute approximate surface area is 90.2 Å². The van der Waals surface area contributed by atoms with Gasteiger partial charge in [-0.05, 0) is 24.6 Å². The summed E-state index contributed by atoms with van der Waals surface area (Å²) in [6, 6.07) is 6.27. The van der Waals surface area contributed by atoms with E-state index in [2.05, 4.69) is 0 Å². The molecule has 0 radical (unpaired) electrons. The van der Waals surface area contributed by atoms with E-state index in [4.69, 9.17) is 5.11 Å². The summed E-state index contributed by atoms with van der Waals surface area (Å²) in [5, 5.41) is 9.11. The number of rotatable bonds is 3. The molecule has 0 aliphatic heterocycles. The first-order valence-electron chi connectivity index (χ1n) is 4.54. The number of sulfonamides is 1. The Kier molecular flexibility index (Phi) is 3.36. The van der Waals surface area contributed by atoms with Crippen molar-refractivity contribution in [2.75, 3.05) is 13.3 Å². The van der Waals surface area contributed by atoms with Crippen LogP contribution in [0.5, 0.6) is 5.75 Å². The van der Waals surface area contributed by atoms with E-state index in [9.17, 15) is 8.42 Å². The van der Waals surface area contributed by atoms with Crippen LogP contribution >= 0.6 is 0 Å². The van der Waals surface area contributed by atoms with Crippen molar-refractivity contribution in [3.8, 4) is 5.75 Å². The van der Waals surface area contributed by atoms with Crippen molar-refractivity contribution in [3.63, 3.8) is 0 Å². The van der Waals surface area contributed by atoms with E-state index in [1.54, 1.807) is 31.2 Å². The zero-order valence-corrected chi connectivity index (χ0v) is 9.82. The average Bonchev–Trinajstić information content (AvgIpc) is 2.15. The number of aromatic hydroxyl groups is 1. The molecule has 1 atom stereocenters. The lowest BCUT2D eigenvalue weighted by Crippen LogP contribution is -2.28. The third kappa shape index (κ3) is 2.94. The molecule has 0 aliphatic rings. The van der Waals surface area contributed by atoms with Gasteiger partial charge in [-0.15, -0.1) is 0 Å². The molecule has 4 nitrogen and oxygen atoms in total. The summed E-state index contributed by atoms with van der Waals surface area (Å²) >= 11 is 0. The lowest BCUT2D eigenvalue weighted by Gasteiger charge is -2.22. The average molecular weight is 229 g/mol. The molecular formula is C10H15NO3S. The van der Waals surface area contributed by atoms with Crippen LogP contribution in [0.25, 0.3) is 0 Å². The predicted molar refractivity (Wildman–Crippen MR) is 59.1 cm³/mol. The maximum atomic E-state index is 11.3. The van der Waals surface area contributed by atoms with Crippen LogP contribution in [-0.4, -0.2) is 31.1 Å². The van der Waals surface area contributed by atoms with Crippen LogP contribution in [0.3, 0.4) is 0 Å². The third-order valence-corrected chi connectivity index (χ3v) is 3.81. The summed E-state index contributed by atoms with van der Waals surface area (Å²) < 4.78 is 23.9. The van der Waals surface area contributed by atoms with Crippen LogP contribution in [0.4, 0.5) is 0 Å². The molecule has 1 unspecified atom stereocenters. The molecular weight excluding hydrogens is 214 g/mol. The van der Waals surface area contributed by atoms with Crippen LogP contribution in [0.15, 0.2) is 24.3 Å². The predicted octanol–water partition coefficient (Wildman–Crippen LogP) is 1.34. The standard InChI is InChI=1S/C10H15NO3S/c1-8(11(2)15(3,13)14)9-4-6-10(12)7-5-9/h4-8,12H,1-3H3.